The van der Waals surface area contributed by atoms with E-state index < -0.39 is 0 Å². The zero-order chi connectivity index (χ0) is 17.8. The summed E-state index contributed by atoms with van der Waals surface area (Å²) in [6, 6.07) is 17.8. The number of nitrogens with zero attached hydrogens (tertiary/aromatic N) is 4. The quantitative estimate of drug-likeness (QED) is 0.658. The molecule has 1 heterocycles. The van der Waals surface area contributed by atoms with Gasteiger partial charge < -0.3 is 4.90 Å². The predicted molar refractivity (Wildman–Crippen MR) is 101 cm³/mol. The summed E-state index contributed by atoms with van der Waals surface area (Å²) < 4.78 is 1.98. The van der Waals surface area contributed by atoms with Gasteiger partial charge in [0.15, 0.2) is 5.16 Å². The van der Waals surface area contributed by atoms with Crippen molar-refractivity contribution in [1.82, 2.24) is 14.8 Å². The van der Waals surface area contributed by atoms with Crippen molar-refractivity contribution in [1.29, 1.82) is 0 Å². The Morgan fingerprint density at radius 1 is 1.08 bits per heavy atom. The first-order chi connectivity index (χ1) is 12.1. The van der Waals surface area contributed by atoms with Crippen molar-refractivity contribution in [3.8, 4) is 5.69 Å². The lowest BCUT2D eigenvalue weighted by Crippen LogP contribution is -2.27. The molecule has 0 saturated carbocycles. The van der Waals surface area contributed by atoms with Gasteiger partial charge in [0.1, 0.15) is 5.82 Å². The third-order valence-corrected chi connectivity index (χ3v) is 4.81. The minimum atomic E-state index is 0.0210. The van der Waals surface area contributed by atoms with E-state index in [0.717, 1.165) is 22.4 Å². The summed E-state index contributed by atoms with van der Waals surface area (Å²) in [4.78, 5) is 14.1. The highest BCUT2D eigenvalue weighted by Gasteiger charge is 2.16. The minimum Gasteiger partial charge on any atom is -0.315 e. The molecule has 0 spiro atoms. The third-order valence-electron chi connectivity index (χ3n) is 3.90. The highest BCUT2D eigenvalue weighted by molar-refractivity contribution is 7.99. The molecule has 0 aliphatic carbocycles. The van der Waals surface area contributed by atoms with Crippen molar-refractivity contribution in [2.24, 2.45) is 0 Å². The van der Waals surface area contributed by atoms with Crippen LogP contribution in [-0.2, 0) is 4.79 Å². The Morgan fingerprint density at radius 3 is 2.56 bits per heavy atom. The van der Waals surface area contributed by atoms with Gasteiger partial charge in [0.2, 0.25) is 5.91 Å². The number of anilines is 1. The number of amides is 1. The number of thioether (sulfide) groups is 1. The Labute approximate surface area is 151 Å². The van der Waals surface area contributed by atoms with Gasteiger partial charge in [0.25, 0.3) is 0 Å². The fourth-order valence-corrected chi connectivity index (χ4v) is 3.43. The average molecular weight is 352 g/mol. The van der Waals surface area contributed by atoms with Crippen molar-refractivity contribution in [3.05, 3.63) is 66.0 Å². The smallest absolute Gasteiger partial charge is 0.237 e. The number of hydrogen-bond acceptors (Lipinski definition) is 4. The molecule has 0 unspecified atom stereocenters. The number of rotatable bonds is 5. The van der Waals surface area contributed by atoms with Crippen molar-refractivity contribution in [2.75, 3.05) is 17.7 Å². The van der Waals surface area contributed by atoms with Gasteiger partial charge in [0, 0.05) is 18.4 Å². The largest absolute Gasteiger partial charge is 0.315 e. The molecule has 0 fully saturated rings. The molecular weight excluding hydrogens is 332 g/mol. The lowest BCUT2D eigenvalue weighted by Gasteiger charge is -2.17. The Morgan fingerprint density at radius 2 is 1.84 bits per heavy atom. The van der Waals surface area contributed by atoms with Crippen molar-refractivity contribution in [2.45, 2.75) is 19.0 Å². The predicted octanol–water partition coefficient (Wildman–Crippen LogP) is 3.64. The second-order valence-corrected chi connectivity index (χ2v) is 6.72. The summed E-state index contributed by atoms with van der Waals surface area (Å²) in [7, 11) is 1.79. The molecule has 1 amide bonds. The molecule has 128 valence electrons. The topological polar surface area (TPSA) is 51.0 Å². The molecule has 6 heteroatoms. The first-order valence-corrected chi connectivity index (χ1v) is 8.98. The van der Waals surface area contributed by atoms with E-state index >= 15 is 0 Å². The van der Waals surface area contributed by atoms with Crippen LogP contribution in [0.1, 0.15) is 11.4 Å². The molecular formula is C19H20N4OS. The number of aryl methyl sites for hydroxylation is 2. The molecule has 0 atom stereocenters. The highest BCUT2D eigenvalue weighted by Crippen LogP contribution is 2.23. The molecule has 3 aromatic rings. The van der Waals surface area contributed by atoms with E-state index in [0.29, 0.717) is 5.75 Å². The van der Waals surface area contributed by atoms with Gasteiger partial charge in [-0.25, -0.2) is 0 Å². The van der Waals surface area contributed by atoms with Crippen LogP contribution in [0, 0.1) is 13.8 Å². The van der Waals surface area contributed by atoms with Crippen LogP contribution in [0.2, 0.25) is 0 Å². The van der Waals surface area contributed by atoms with E-state index in [2.05, 4.69) is 16.3 Å². The van der Waals surface area contributed by atoms with Gasteiger partial charge in [-0.15, -0.1) is 10.2 Å². The van der Waals surface area contributed by atoms with Gasteiger partial charge in [-0.3, -0.25) is 9.36 Å². The number of hydrogen-bond donors (Lipinski definition) is 0. The summed E-state index contributed by atoms with van der Waals surface area (Å²) in [5.74, 6) is 1.12. The van der Waals surface area contributed by atoms with Gasteiger partial charge in [-0.1, -0.05) is 42.1 Å². The first-order valence-electron chi connectivity index (χ1n) is 7.99. The number of aromatic nitrogens is 3. The Hall–Kier alpha value is -2.60. The summed E-state index contributed by atoms with van der Waals surface area (Å²) in [5, 5.41) is 9.12. The molecule has 0 aliphatic heterocycles. The number of para-hydroxylation sites is 1. The number of carbonyl (C=O) groups excluding carboxylic acids is 1. The zero-order valence-corrected chi connectivity index (χ0v) is 15.3. The first kappa shape index (κ1) is 17.2. The molecule has 2 aromatic carbocycles. The lowest BCUT2D eigenvalue weighted by molar-refractivity contribution is -0.115. The normalized spacial score (nSPS) is 10.7. The van der Waals surface area contributed by atoms with Crippen molar-refractivity contribution < 1.29 is 4.79 Å². The monoisotopic (exact) mass is 352 g/mol. The van der Waals surface area contributed by atoms with E-state index in [1.807, 2.05) is 66.9 Å². The SMILES string of the molecule is Cc1cccc(-n2c(C)nnc2SCC(=O)N(C)c2ccccc2)c1. The third kappa shape index (κ3) is 3.91. The van der Waals surface area contributed by atoms with Crippen LogP contribution in [0.4, 0.5) is 5.69 Å². The highest BCUT2D eigenvalue weighted by atomic mass is 32.2. The van der Waals surface area contributed by atoms with Crippen LogP contribution in [0.3, 0.4) is 0 Å². The van der Waals surface area contributed by atoms with Crippen molar-refractivity contribution in [3.63, 3.8) is 0 Å². The van der Waals surface area contributed by atoms with E-state index in [9.17, 15) is 4.79 Å². The fourth-order valence-electron chi connectivity index (χ4n) is 2.52. The minimum absolute atomic E-state index is 0.0210. The van der Waals surface area contributed by atoms with Crippen LogP contribution < -0.4 is 4.90 Å². The van der Waals surface area contributed by atoms with Crippen LogP contribution in [-0.4, -0.2) is 33.5 Å². The Balaban J connectivity index is 1.75. The van der Waals surface area contributed by atoms with Crippen LogP contribution in [0.25, 0.3) is 5.69 Å². The second-order valence-electron chi connectivity index (χ2n) is 5.78. The van der Waals surface area contributed by atoms with Gasteiger partial charge in [0.05, 0.1) is 5.75 Å². The zero-order valence-electron chi connectivity index (χ0n) is 14.5. The summed E-state index contributed by atoms with van der Waals surface area (Å²) in [5.41, 5.74) is 3.06. The molecule has 1 aromatic heterocycles. The van der Waals surface area contributed by atoms with E-state index in [1.165, 1.54) is 17.3 Å². The number of benzene rings is 2. The summed E-state index contributed by atoms with van der Waals surface area (Å²) >= 11 is 1.40. The molecule has 25 heavy (non-hydrogen) atoms. The summed E-state index contributed by atoms with van der Waals surface area (Å²) in [6.45, 7) is 3.96. The Bertz CT molecular complexity index is 876. The van der Waals surface area contributed by atoms with Gasteiger partial charge >= 0.3 is 0 Å². The summed E-state index contributed by atoms with van der Waals surface area (Å²) in [6.07, 6.45) is 0. The molecule has 5 nitrogen and oxygen atoms in total. The van der Waals surface area contributed by atoms with E-state index in [4.69, 9.17) is 0 Å². The molecule has 0 bridgehead atoms. The second kappa shape index (κ2) is 7.53. The fraction of sp³-hybridized carbons (Fsp3) is 0.211. The molecule has 3 rings (SSSR count). The maximum atomic E-state index is 12.5. The van der Waals surface area contributed by atoms with E-state index in [-0.39, 0.29) is 5.91 Å². The number of carbonyl (C=O) groups is 1. The maximum absolute atomic E-state index is 12.5. The molecule has 0 N–H and O–H groups in total. The standard InChI is InChI=1S/C19H20N4OS/c1-14-8-7-11-17(12-14)23-15(2)20-21-19(23)25-13-18(24)22(3)16-9-5-4-6-10-16/h4-12H,13H2,1-3H3. The molecule has 0 aliphatic rings. The van der Waals surface area contributed by atoms with Gasteiger partial charge in [-0.05, 0) is 43.7 Å². The molecule has 0 radical (unpaired) electrons. The van der Waals surface area contributed by atoms with Crippen LogP contribution in [0.5, 0.6) is 0 Å². The van der Waals surface area contributed by atoms with Crippen LogP contribution >= 0.6 is 11.8 Å². The van der Waals surface area contributed by atoms with Crippen LogP contribution in [0.15, 0.2) is 59.8 Å². The Kier molecular flexibility index (Phi) is 5.19. The van der Waals surface area contributed by atoms with Gasteiger partial charge in [-0.2, -0.15) is 0 Å². The maximum Gasteiger partial charge on any atom is 0.237 e. The molecule has 0 saturated heterocycles. The van der Waals surface area contributed by atoms with Crippen molar-refractivity contribution >= 4 is 23.4 Å². The lowest BCUT2D eigenvalue weighted by atomic mass is 10.2. The average Bonchev–Trinajstić information content (AvgIpc) is 3.00. The van der Waals surface area contributed by atoms with E-state index in [1.54, 1.807) is 11.9 Å².